The molecule has 0 aliphatic carbocycles. The molecule has 0 atom stereocenters. The molecule has 1 heterocycles. The molecule has 2 N–H and O–H groups in total. The van der Waals surface area contributed by atoms with Crippen LogP contribution in [0.5, 0.6) is 5.75 Å². The Morgan fingerprint density at radius 3 is 2.36 bits per heavy atom. The molecular formula is C21H32N4O2S. The maximum absolute atomic E-state index is 12.1. The van der Waals surface area contributed by atoms with Crippen molar-refractivity contribution in [1.29, 1.82) is 0 Å². The molecule has 1 aromatic heterocycles. The number of rotatable bonds is 13. The fraction of sp³-hybridized carbons (Fsp3) is 0.571. The van der Waals surface area contributed by atoms with Gasteiger partial charge in [0.05, 0.1) is 12.8 Å². The number of ether oxygens (including phenoxy) is 1. The SMILES string of the molecule is CCCCCCCCCCCc1nnc(NC(=O)Nc2ccccc2OC)s1. The molecule has 2 aromatic rings. The molecule has 0 saturated heterocycles. The monoisotopic (exact) mass is 404 g/mol. The fourth-order valence-corrected chi connectivity index (χ4v) is 3.77. The number of nitrogens with zero attached hydrogens (tertiary/aromatic N) is 2. The molecule has 0 saturated carbocycles. The number of hydrogen-bond acceptors (Lipinski definition) is 5. The average Bonchev–Trinajstić information content (AvgIpc) is 3.14. The van der Waals surface area contributed by atoms with E-state index in [2.05, 4.69) is 27.8 Å². The van der Waals surface area contributed by atoms with Crippen LogP contribution in [0.2, 0.25) is 0 Å². The number of unbranched alkanes of at least 4 members (excludes halogenated alkanes) is 8. The Hall–Kier alpha value is -2.15. The first-order valence-electron chi connectivity index (χ1n) is 10.3. The lowest BCUT2D eigenvalue weighted by Gasteiger charge is -2.09. The van der Waals surface area contributed by atoms with Crippen LogP contribution < -0.4 is 15.4 Å². The van der Waals surface area contributed by atoms with Gasteiger partial charge in [-0.3, -0.25) is 5.32 Å². The van der Waals surface area contributed by atoms with E-state index in [-0.39, 0.29) is 6.03 Å². The summed E-state index contributed by atoms with van der Waals surface area (Å²) in [5.74, 6) is 0.612. The molecule has 0 radical (unpaired) electrons. The second kappa shape index (κ2) is 13.1. The van der Waals surface area contributed by atoms with E-state index in [0.29, 0.717) is 16.6 Å². The number of aryl methyl sites for hydroxylation is 1. The Morgan fingerprint density at radius 1 is 0.964 bits per heavy atom. The number of hydrogen-bond donors (Lipinski definition) is 2. The quantitative estimate of drug-likeness (QED) is 0.386. The predicted molar refractivity (Wildman–Crippen MR) is 116 cm³/mol. The van der Waals surface area contributed by atoms with Crippen molar-refractivity contribution in [3.63, 3.8) is 0 Å². The summed E-state index contributed by atoms with van der Waals surface area (Å²) in [4.78, 5) is 12.1. The topological polar surface area (TPSA) is 76.1 Å². The molecule has 7 heteroatoms. The summed E-state index contributed by atoms with van der Waals surface area (Å²) in [5, 5.41) is 15.2. The summed E-state index contributed by atoms with van der Waals surface area (Å²) in [7, 11) is 1.57. The van der Waals surface area contributed by atoms with Crippen molar-refractivity contribution in [2.24, 2.45) is 0 Å². The summed E-state index contributed by atoms with van der Waals surface area (Å²) < 4.78 is 5.23. The first-order chi connectivity index (χ1) is 13.7. The van der Waals surface area contributed by atoms with E-state index < -0.39 is 0 Å². The molecule has 154 valence electrons. The predicted octanol–water partition coefficient (Wildman–Crippen LogP) is 6.26. The highest BCUT2D eigenvalue weighted by atomic mass is 32.1. The van der Waals surface area contributed by atoms with E-state index in [4.69, 9.17) is 4.74 Å². The summed E-state index contributed by atoms with van der Waals surface area (Å²) in [6, 6.07) is 6.92. The maximum Gasteiger partial charge on any atom is 0.325 e. The number of aromatic nitrogens is 2. The van der Waals surface area contributed by atoms with E-state index in [1.807, 2.05) is 12.1 Å². The van der Waals surface area contributed by atoms with Crippen LogP contribution in [-0.4, -0.2) is 23.3 Å². The van der Waals surface area contributed by atoms with Crippen molar-refractivity contribution in [1.82, 2.24) is 10.2 Å². The van der Waals surface area contributed by atoms with Crippen LogP contribution in [-0.2, 0) is 6.42 Å². The van der Waals surface area contributed by atoms with Crippen molar-refractivity contribution < 1.29 is 9.53 Å². The van der Waals surface area contributed by atoms with E-state index in [1.165, 1.54) is 62.7 Å². The molecule has 2 amide bonds. The van der Waals surface area contributed by atoms with Gasteiger partial charge < -0.3 is 10.1 Å². The van der Waals surface area contributed by atoms with Gasteiger partial charge in [0.2, 0.25) is 5.13 Å². The van der Waals surface area contributed by atoms with Crippen LogP contribution >= 0.6 is 11.3 Å². The van der Waals surface area contributed by atoms with Gasteiger partial charge in [-0.2, -0.15) is 0 Å². The Labute approximate surface area is 172 Å². The largest absolute Gasteiger partial charge is 0.495 e. The Bertz CT molecular complexity index is 705. The first-order valence-corrected chi connectivity index (χ1v) is 11.1. The number of urea groups is 1. The summed E-state index contributed by atoms with van der Waals surface area (Å²) in [6.45, 7) is 2.25. The Morgan fingerprint density at radius 2 is 1.64 bits per heavy atom. The van der Waals surface area contributed by atoms with E-state index >= 15 is 0 Å². The van der Waals surface area contributed by atoms with Gasteiger partial charge >= 0.3 is 6.03 Å². The van der Waals surface area contributed by atoms with Gasteiger partial charge in [-0.1, -0.05) is 81.8 Å². The van der Waals surface area contributed by atoms with Gasteiger partial charge in [0.15, 0.2) is 0 Å². The van der Waals surface area contributed by atoms with Crippen molar-refractivity contribution in [2.45, 2.75) is 71.1 Å². The smallest absolute Gasteiger partial charge is 0.325 e. The second-order valence-corrected chi connectivity index (χ2v) is 7.92. The molecule has 1 aromatic carbocycles. The third-order valence-electron chi connectivity index (χ3n) is 4.54. The van der Waals surface area contributed by atoms with E-state index in [1.54, 1.807) is 19.2 Å². The van der Waals surface area contributed by atoms with Crippen LogP contribution in [0.25, 0.3) is 0 Å². The fourth-order valence-electron chi connectivity index (χ4n) is 2.99. The van der Waals surface area contributed by atoms with Crippen molar-refractivity contribution in [2.75, 3.05) is 17.7 Å². The third-order valence-corrected chi connectivity index (χ3v) is 5.44. The van der Waals surface area contributed by atoms with Crippen LogP contribution in [0.15, 0.2) is 24.3 Å². The lowest BCUT2D eigenvalue weighted by Crippen LogP contribution is -2.19. The molecule has 0 spiro atoms. The molecule has 28 heavy (non-hydrogen) atoms. The van der Waals surface area contributed by atoms with E-state index in [9.17, 15) is 4.79 Å². The highest BCUT2D eigenvalue weighted by Crippen LogP contribution is 2.24. The van der Waals surface area contributed by atoms with Gasteiger partial charge in [0.25, 0.3) is 0 Å². The van der Waals surface area contributed by atoms with Crippen molar-refractivity contribution in [3.8, 4) is 5.75 Å². The molecule has 6 nitrogen and oxygen atoms in total. The Balaban J connectivity index is 1.63. The summed E-state index contributed by atoms with van der Waals surface area (Å²) in [5.41, 5.74) is 0.613. The molecule has 0 aliphatic rings. The van der Waals surface area contributed by atoms with Gasteiger partial charge in [-0.15, -0.1) is 10.2 Å². The highest BCUT2D eigenvalue weighted by molar-refractivity contribution is 7.15. The summed E-state index contributed by atoms with van der Waals surface area (Å²) >= 11 is 1.43. The molecular weight excluding hydrogens is 372 g/mol. The normalized spacial score (nSPS) is 10.6. The number of anilines is 2. The molecule has 2 rings (SSSR count). The molecule has 0 aliphatic heterocycles. The third kappa shape index (κ3) is 8.25. The minimum Gasteiger partial charge on any atom is -0.495 e. The lowest BCUT2D eigenvalue weighted by molar-refractivity contribution is 0.262. The summed E-state index contributed by atoms with van der Waals surface area (Å²) in [6.07, 6.45) is 12.7. The van der Waals surface area contributed by atoms with Gasteiger partial charge in [0, 0.05) is 6.42 Å². The standard InChI is InChI=1S/C21H32N4O2S/c1-3-4-5-6-7-8-9-10-11-16-19-24-25-21(28-19)23-20(26)22-17-14-12-13-15-18(17)27-2/h12-15H,3-11,16H2,1-2H3,(H2,22,23,25,26). The van der Waals surface area contributed by atoms with Crippen LogP contribution in [0.1, 0.15) is 69.7 Å². The maximum atomic E-state index is 12.1. The number of para-hydroxylation sites is 2. The minimum absolute atomic E-state index is 0.352. The number of methoxy groups -OCH3 is 1. The lowest BCUT2D eigenvalue weighted by atomic mass is 10.1. The number of benzene rings is 1. The second-order valence-electron chi connectivity index (χ2n) is 6.86. The Kier molecular flexibility index (Phi) is 10.4. The number of carbonyl (C=O) groups is 1. The highest BCUT2D eigenvalue weighted by Gasteiger charge is 2.10. The molecule has 0 unspecified atom stereocenters. The van der Waals surface area contributed by atoms with Gasteiger partial charge in [-0.05, 0) is 18.6 Å². The van der Waals surface area contributed by atoms with E-state index in [0.717, 1.165) is 17.8 Å². The van der Waals surface area contributed by atoms with Gasteiger partial charge in [0.1, 0.15) is 10.8 Å². The average molecular weight is 405 g/mol. The zero-order valence-electron chi connectivity index (χ0n) is 17.0. The number of carbonyl (C=O) groups excluding carboxylic acids is 1. The van der Waals surface area contributed by atoms with Gasteiger partial charge in [-0.25, -0.2) is 4.79 Å². The molecule has 0 bridgehead atoms. The van der Waals surface area contributed by atoms with Crippen molar-refractivity contribution in [3.05, 3.63) is 29.3 Å². The zero-order chi connectivity index (χ0) is 20.0. The van der Waals surface area contributed by atoms with Crippen LogP contribution in [0, 0.1) is 0 Å². The zero-order valence-corrected chi connectivity index (χ0v) is 17.8. The minimum atomic E-state index is -0.352. The number of amides is 2. The first kappa shape index (κ1) is 22.1. The van der Waals surface area contributed by atoms with Crippen LogP contribution in [0.3, 0.4) is 0 Å². The number of nitrogens with one attached hydrogen (secondary N) is 2. The van der Waals surface area contributed by atoms with Crippen LogP contribution in [0.4, 0.5) is 15.6 Å². The van der Waals surface area contributed by atoms with Crippen molar-refractivity contribution >= 4 is 28.2 Å². The molecule has 0 fully saturated rings.